The topological polar surface area (TPSA) is 99.4 Å². The summed E-state index contributed by atoms with van der Waals surface area (Å²) in [7, 11) is 0. The number of piperidine rings is 1. The molecule has 1 aromatic carbocycles. The summed E-state index contributed by atoms with van der Waals surface area (Å²) in [6.45, 7) is 1.56. The molecule has 0 saturated carbocycles. The Labute approximate surface area is 157 Å². The highest BCUT2D eigenvalue weighted by Gasteiger charge is 2.22. The van der Waals surface area contributed by atoms with Gasteiger partial charge in [-0.25, -0.2) is 4.52 Å². The van der Waals surface area contributed by atoms with E-state index in [2.05, 4.69) is 21.4 Å². The number of aromatic nitrogens is 2. The fourth-order valence-corrected chi connectivity index (χ4v) is 3.56. The van der Waals surface area contributed by atoms with Crippen molar-refractivity contribution >= 4 is 22.8 Å². The molecule has 3 N–H and O–H groups in total. The van der Waals surface area contributed by atoms with Crippen LogP contribution in [-0.2, 0) is 0 Å². The first-order valence-corrected chi connectivity index (χ1v) is 8.95. The number of rotatable bonds is 3. The van der Waals surface area contributed by atoms with E-state index in [1.165, 1.54) is 0 Å². The molecule has 3 heterocycles. The number of anilines is 2. The maximum absolute atomic E-state index is 12.8. The summed E-state index contributed by atoms with van der Waals surface area (Å²) in [6.07, 6.45) is 3.61. The third kappa shape index (κ3) is 3.23. The number of hydrogen-bond donors (Lipinski definition) is 2. The minimum atomic E-state index is -0.308. The normalized spacial score (nSPS) is 16.9. The summed E-state index contributed by atoms with van der Waals surface area (Å²) in [5.41, 5.74) is 9.09. The molecule has 27 heavy (non-hydrogen) atoms. The van der Waals surface area contributed by atoms with Crippen molar-refractivity contribution in [1.82, 2.24) is 9.61 Å². The van der Waals surface area contributed by atoms with Gasteiger partial charge < -0.3 is 16.0 Å². The molecular weight excluding hydrogens is 340 g/mol. The molecule has 1 atom stereocenters. The number of benzene rings is 1. The summed E-state index contributed by atoms with van der Waals surface area (Å²) in [6, 6.07) is 15.1. The Balaban J connectivity index is 1.65. The van der Waals surface area contributed by atoms with E-state index in [-0.39, 0.29) is 11.9 Å². The zero-order chi connectivity index (χ0) is 18.8. The summed E-state index contributed by atoms with van der Waals surface area (Å²) >= 11 is 0. The molecule has 1 amide bonds. The number of nitrogens with zero attached hydrogens (tertiary/aromatic N) is 4. The van der Waals surface area contributed by atoms with Crippen molar-refractivity contribution < 1.29 is 4.79 Å². The van der Waals surface area contributed by atoms with E-state index in [0.29, 0.717) is 23.5 Å². The Bertz CT molecular complexity index is 1030. The standard InChI is InChI=1S/C20H20N6O/c21-12-16-17(6-1-7-18(16)25-11-3-4-14(22)13-25)24-20(27)19-9-8-15-5-2-10-23-26(15)19/h1-2,5-10,14H,3-4,11,13,22H2,(H,24,27)/t14-/m1/s1. The van der Waals surface area contributed by atoms with E-state index in [9.17, 15) is 10.1 Å². The van der Waals surface area contributed by atoms with Crippen LogP contribution in [0.4, 0.5) is 11.4 Å². The lowest BCUT2D eigenvalue weighted by Crippen LogP contribution is -2.43. The van der Waals surface area contributed by atoms with Crippen LogP contribution in [0.3, 0.4) is 0 Å². The molecule has 0 spiro atoms. The average Bonchev–Trinajstić information content (AvgIpc) is 3.12. The lowest BCUT2D eigenvalue weighted by molar-refractivity contribution is 0.102. The highest BCUT2D eigenvalue weighted by molar-refractivity contribution is 6.05. The number of carbonyl (C=O) groups is 1. The fourth-order valence-electron chi connectivity index (χ4n) is 3.56. The molecule has 2 aromatic heterocycles. The molecule has 1 aliphatic rings. The number of nitrogens with two attached hydrogens (primary N) is 1. The van der Waals surface area contributed by atoms with Gasteiger partial charge in [0, 0.05) is 25.3 Å². The van der Waals surface area contributed by atoms with Gasteiger partial charge >= 0.3 is 0 Å². The van der Waals surface area contributed by atoms with Crippen LogP contribution in [0.25, 0.3) is 5.52 Å². The lowest BCUT2D eigenvalue weighted by atomic mass is 10.0. The van der Waals surface area contributed by atoms with Crippen molar-refractivity contribution in [3.63, 3.8) is 0 Å². The van der Waals surface area contributed by atoms with Crippen molar-refractivity contribution in [3.05, 3.63) is 59.9 Å². The highest BCUT2D eigenvalue weighted by atomic mass is 16.2. The minimum absolute atomic E-state index is 0.0988. The zero-order valence-electron chi connectivity index (χ0n) is 14.8. The predicted octanol–water partition coefficient (Wildman–Crippen LogP) is 2.39. The first kappa shape index (κ1) is 17.1. The maximum Gasteiger partial charge on any atom is 0.274 e. The van der Waals surface area contributed by atoms with Gasteiger partial charge in [-0.2, -0.15) is 10.4 Å². The average molecular weight is 360 g/mol. The van der Waals surface area contributed by atoms with Gasteiger partial charge in [-0.15, -0.1) is 0 Å². The van der Waals surface area contributed by atoms with Crippen LogP contribution < -0.4 is 16.0 Å². The Morgan fingerprint density at radius 2 is 2.15 bits per heavy atom. The molecule has 7 heteroatoms. The van der Waals surface area contributed by atoms with E-state index in [1.54, 1.807) is 22.8 Å². The maximum atomic E-state index is 12.8. The van der Waals surface area contributed by atoms with Gasteiger partial charge in [0.25, 0.3) is 5.91 Å². The molecule has 4 rings (SSSR count). The Morgan fingerprint density at radius 1 is 1.26 bits per heavy atom. The van der Waals surface area contributed by atoms with Crippen molar-refractivity contribution in [3.8, 4) is 6.07 Å². The van der Waals surface area contributed by atoms with Gasteiger partial charge in [0.05, 0.1) is 22.5 Å². The number of fused-ring (bicyclic) bond motifs is 1. The van der Waals surface area contributed by atoms with E-state index in [0.717, 1.165) is 30.6 Å². The van der Waals surface area contributed by atoms with Crippen LogP contribution >= 0.6 is 0 Å². The Hall–Kier alpha value is -3.37. The van der Waals surface area contributed by atoms with Crippen molar-refractivity contribution in [2.75, 3.05) is 23.3 Å². The van der Waals surface area contributed by atoms with Gasteiger partial charge in [0.15, 0.2) is 0 Å². The predicted molar refractivity (Wildman–Crippen MR) is 104 cm³/mol. The molecule has 3 aromatic rings. The summed E-state index contributed by atoms with van der Waals surface area (Å²) in [5.74, 6) is -0.308. The zero-order valence-corrected chi connectivity index (χ0v) is 14.8. The van der Waals surface area contributed by atoms with Gasteiger partial charge in [-0.05, 0) is 49.2 Å². The van der Waals surface area contributed by atoms with Crippen LogP contribution in [0.5, 0.6) is 0 Å². The molecule has 1 saturated heterocycles. The molecule has 0 radical (unpaired) electrons. The number of nitrogens with one attached hydrogen (secondary N) is 1. The lowest BCUT2D eigenvalue weighted by Gasteiger charge is -2.33. The summed E-state index contributed by atoms with van der Waals surface area (Å²) in [4.78, 5) is 14.9. The Kier molecular flexibility index (Phi) is 4.48. The van der Waals surface area contributed by atoms with Crippen molar-refractivity contribution in [2.24, 2.45) is 5.73 Å². The third-order valence-corrected chi connectivity index (χ3v) is 4.85. The largest absolute Gasteiger partial charge is 0.369 e. The van der Waals surface area contributed by atoms with Gasteiger partial charge in [-0.3, -0.25) is 4.79 Å². The molecule has 0 aliphatic carbocycles. The minimum Gasteiger partial charge on any atom is -0.369 e. The molecule has 1 aliphatic heterocycles. The monoisotopic (exact) mass is 360 g/mol. The van der Waals surface area contributed by atoms with Gasteiger partial charge in [-0.1, -0.05) is 6.07 Å². The van der Waals surface area contributed by atoms with Crippen molar-refractivity contribution in [1.29, 1.82) is 5.26 Å². The number of amides is 1. The second kappa shape index (κ2) is 7.09. The second-order valence-corrected chi connectivity index (χ2v) is 6.69. The van der Waals surface area contributed by atoms with E-state index < -0.39 is 0 Å². The molecular formula is C20H20N6O. The van der Waals surface area contributed by atoms with E-state index >= 15 is 0 Å². The third-order valence-electron chi connectivity index (χ3n) is 4.85. The van der Waals surface area contributed by atoms with Crippen LogP contribution in [-0.4, -0.2) is 34.7 Å². The molecule has 0 unspecified atom stereocenters. The number of nitriles is 1. The fraction of sp³-hybridized carbons (Fsp3) is 0.250. The molecule has 136 valence electrons. The SMILES string of the molecule is N#Cc1c(NC(=O)c2ccc3cccnn23)cccc1N1CCC[C@@H](N)C1. The Morgan fingerprint density at radius 3 is 2.96 bits per heavy atom. The van der Waals surface area contributed by atoms with E-state index in [1.807, 2.05) is 30.3 Å². The molecule has 1 fully saturated rings. The van der Waals surface area contributed by atoms with Crippen LogP contribution in [0.15, 0.2) is 48.7 Å². The molecule has 7 nitrogen and oxygen atoms in total. The van der Waals surface area contributed by atoms with Crippen LogP contribution in [0.2, 0.25) is 0 Å². The summed E-state index contributed by atoms with van der Waals surface area (Å²) in [5, 5.41) is 16.8. The van der Waals surface area contributed by atoms with Gasteiger partial charge in [0.2, 0.25) is 0 Å². The smallest absolute Gasteiger partial charge is 0.274 e. The first-order valence-electron chi connectivity index (χ1n) is 8.95. The number of carbonyl (C=O) groups excluding carboxylic acids is 1. The molecule has 0 bridgehead atoms. The summed E-state index contributed by atoms with van der Waals surface area (Å²) < 4.78 is 1.58. The number of hydrogen-bond acceptors (Lipinski definition) is 5. The van der Waals surface area contributed by atoms with Crippen LogP contribution in [0, 0.1) is 11.3 Å². The van der Waals surface area contributed by atoms with E-state index in [4.69, 9.17) is 5.73 Å². The quantitative estimate of drug-likeness (QED) is 0.747. The van der Waals surface area contributed by atoms with Crippen molar-refractivity contribution in [2.45, 2.75) is 18.9 Å². The first-order chi connectivity index (χ1) is 13.2. The second-order valence-electron chi connectivity index (χ2n) is 6.69. The van der Waals surface area contributed by atoms with Crippen LogP contribution in [0.1, 0.15) is 28.9 Å². The van der Waals surface area contributed by atoms with Gasteiger partial charge in [0.1, 0.15) is 11.8 Å². The highest BCUT2D eigenvalue weighted by Crippen LogP contribution is 2.29.